The van der Waals surface area contributed by atoms with Crippen molar-refractivity contribution in [2.45, 2.75) is 96.0 Å². The van der Waals surface area contributed by atoms with Crippen molar-refractivity contribution in [3.05, 3.63) is 0 Å². The summed E-state index contributed by atoms with van der Waals surface area (Å²) < 4.78 is 0. The first-order valence-electron chi connectivity index (χ1n) is 12.0. The summed E-state index contributed by atoms with van der Waals surface area (Å²) in [6, 6.07) is -4.40. The summed E-state index contributed by atoms with van der Waals surface area (Å²) in [6.07, 6.45) is 2.30. The van der Waals surface area contributed by atoms with E-state index in [1.54, 1.807) is 6.92 Å². The Morgan fingerprint density at radius 1 is 0.794 bits per heavy atom. The normalized spacial score (nSPS) is 16.4. The summed E-state index contributed by atoms with van der Waals surface area (Å²) in [7, 11) is 0. The van der Waals surface area contributed by atoms with Crippen LogP contribution in [0.5, 0.6) is 0 Å². The number of carbonyl (C=O) groups excluding carboxylic acids is 3. The van der Waals surface area contributed by atoms with Crippen LogP contribution in [0.4, 0.5) is 0 Å². The predicted molar refractivity (Wildman–Crippen MR) is 128 cm³/mol. The molecule has 0 saturated carbocycles. The highest BCUT2D eigenvalue weighted by molar-refractivity contribution is 5.94. The molecule has 0 rings (SSSR count). The van der Waals surface area contributed by atoms with Crippen LogP contribution in [0, 0.1) is 5.92 Å². The van der Waals surface area contributed by atoms with E-state index in [1.165, 1.54) is 6.92 Å². The number of hydrogen-bond donors (Lipinski definition) is 8. The molecule has 34 heavy (non-hydrogen) atoms. The third-order valence-electron chi connectivity index (χ3n) is 5.72. The number of nitrogens with two attached hydrogens (primary N) is 3. The van der Waals surface area contributed by atoms with Gasteiger partial charge in [-0.05, 0) is 58.0 Å². The van der Waals surface area contributed by atoms with Gasteiger partial charge < -0.3 is 43.4 Å². The molecule has 11 N–H and O–H groups in total. The molecule has 12 nitrogen and oxygen atoms in total. The van der Waals surface area contributed by atoms with E-state index in [0.29, 0.717) is 45.2 Å². The van der Waals surface area contributed by atoms with Gasteiger partial charge in [0.05, 0.1) is 12.1 Å². The maximum Gasteiger partial charge on any atom is 0.326 e. The summed E-state index contributed by atoms with van der Waals surface area (Å²) in [5.74, 6) is -3.53. The molecule has 198 valence electrons. The third-order valence-corrected chi connectivity index (χ3v) is 5.72. The van der Waals surface area contributed by atoms with Gasteiger partial charge >= 0.3 is 5.97 Å². The predicted octanol–water partition coefficient (Wildman–Crippen LogP) is -1.46. The van der Waals surface area contributed by atoms with Gasteiger partial charge in [-0.2, -0.15) is 0 Å². The molecule has 0 aliphatic rings. The minimum absolute atomic E-state index is 0.159. The Morgan fingerprint density at radius 3 is 1.76 bits per heavy atom. The number of carbonyl (C=O) groups is 4. The fourth-order valence-corrected chi connectivity index (χ4v) is 3.26. The van der Waals surface area contributed by atoms with Gasteiger partial charge in [-0.3, -0.25) is 14.4 Å². The van der Waals surface area contributed by atoms with Gasteiger partial charge in [0.15, 0.2) is 0 Å². The molecule has 0 heterocycles. The van der Waals surface area contributed by atoms with Gasteiger partial charge in [0.25, 0.3) is 0 Å². The minimum atomic E-state index is -1.41. The molecule has 6 atom stereocenters. The van der Waals surface area contributed by atoms with E-state index in [0.717, 1.165) is 6.42 Å². The smallest absolute Gasteiger partial charge is 0.326 e. The molecule has 0 aromatic heterocycles. The molecule has 0 fully saturated rings. The van der Waals surface area contributed by atoms with E-state index in [4.69, 9.17) is 17.2 Å². The van der Waals surface area contributed by atoms with Crippen molar-refractivity contribution in [1.82, 2.24) is 16.0 Å². The van der Waals surface area contributed by atoms with E-state index in [1.807, 2.05) is 6.92 Å². The third kappa shape index (κ3) is 11.7. The molecular weight excluding hydrogens is 444 g/mol. The Kier molecular flexibility index (Phi) is 16.0. The number of carboxylic acids is 1. The Labute approximate surface area is 201 Å². The highest BCUT2D eigenvalue weighted by Gasteiger charge is 2.34. The average molecular weight is 489 g/mol. The van der Waals surface area contributed by atoms with Gasteiger partial charge in [-0.15, -0.1) is 0 Å². The fourth-order valence-electron chi connectivity index (χ4n) is 3.26. The molecule has 0 aromatic rings. The van der Waals surface area contributed by atoms with Crippen LogP contribution in [0.1, 0.15) is 65.7 Å². The minimum Gasteiger partial charge on any atom is -0.480 e. The highest BCUT2D eigenvalue weighted by Crippen LogP contribution is 2.11. The van der Waals surface area contributed by atoms with Gasteiger partial charge in [0, 0.05) is 0 Å². The van der Waals surface area contributed by atoms with Crippen molar-refractivity contribution >= 4 is 23.7 Å². The summed E-state index contributed by atoms with van der Waals surface area (Å²) in [5.41, 5.74) is 16.8. The lowest BCUT2D eigenvalue weighted by Gasteiger charge is -2.29. The highest BCUT2D eigenvalue weighted by atomic mass is 16.4. The van der Waals surface area contributed by atoms with Crippen LogP contribution in [-0.4, -0.2) is 77.3 Å². The second-order valence-electron chi connectivity index (χ2n) is 8.67. The van der Waals surface area contributed by atoms with Crippen molar-refractivity contribution < 1.29 is 29.4 Å². The van der Waals surface area contributed by atoms with Crippen LogP contribution in [0.3, 0.4) is 0 Å². The van der Waals surface area contributed by atoms with Crippen molar-refractivity contribution in [3.8, 4) is 0 Å². The van der Waals surface area contributed by atoms with Gasteiger partial charge in [-0.1, -0.05) is 26.7 Å². The standard InChI is InChI=1S/C22H44N6O6/c1-4-13(2)17(27-19(30)15(25)9-5-7-11-23)20(31)28-18(14(3)29)21(32)26-16(22(33)34)10-6-8-12-24/h13-18,29H,4-12,23-25H2,1-3H3,(H,26,32)(H,27,30)(H,28,31)(H,33,34). The summed E-state index contributed by atoms with van der Waals surface area (Å²) in [4.78, 5) is 49.7. The molecule has 12 heteroatoms. The van der Waals surface area contributed by atoms with E-state index in [2.05, 4.69) is 16.0 Å². The Balaban J connectivity index is 5.34. The van der Waals surface area contributed by atoms with Crippen LogP contribution < -0.4 is 33.2 Å². The largest absolute Gasteiger partial charge is 0.480 e. The number of rotatable bonds is 18. The number of hydrogen-bond acceptors (Lipinski definition) is 8. The van der Waals surface area contributed by atoms with Crippen LogP contribution in [0.25, 0.3) is 0 Å². The number of aliphatic carboxylic acids is 1. The molecule has 0 saturated heterocycles. The fraction of sp³-hybridized carbons (Fsp3) is 0.818. The lowest BCUT2D eigenvalue weighted by Crippen LogP contribution is -2.61. The SMILES string of the molecule is CCC(C)C(NC(=O)C(N)CCCCN)C(=O)NC(C(=O)NC(CCCCN)C(=O)O)C(C)O. The van der Waals surface area contributed by atoms with Crippen molar-refractivity contribution in [2.24, 2.45) is 23.1 Å². The summed E-state index contributed by atoms with van der Waals surface area (Å²) >= 11 is 0. The van der Waals surface area contributed by atoms with Crippen molar-refractivity contribution in [1.29, 1.82) is 0 Å². The maximum absolute atomic E-state index is 13.0. The Hall–Kier alpha value is -2.28. The monoisotopic (exact) mass is 488 g/mol. The van der Waals surface area contributed by atoms with Gasteiger partial charge in [0.1, 0.15) is 18.1 Å². The maximum atomic E-state index is 13.0. The molecule has 0 aliphatic carbocycles. The molecule has 0 radical (unpaired) electrons. The average Bonchev–Trinajstić information content (AvgIpc) is 2.79. The first-order chi connectivity index (χ1) is 16.0. The molecule has 0 spiro atoms. The number of unbranched alkanes of at least 4 members (excludes halogenated alkanes) is 2. The van der Waals surface area contributed by atoms with Crippen LogP contribution in [-0.2, 0) is 19.2 Å². The zero-order valence-corrected chi connectivity index (χ0v) is 20.6. The van der Waals surface area contributed by atoms with Crippen LogP contribution >= 0.6 is 0 Å². The number of aliphatic hydroxyl groups excluding tert-OH is 1. The molecule has 3 amide bonds. The molecule has 6 unspecified atom stereocenters. The number of nitrogens with one attached hydrogen (secondary N) is 3. The number of aliphatic hydroxyl groups is 1. The zero-order chi connectivity index (χ0) is 26.3. The molecule has 0 bridgehead atoms. The Bertz CT molecular complexity index is 647. The van der Waals surface area contributed by atoms with E-state index in [-0.39, 0.29) is 12.3 Å². The first-order valence-corrected chi connectivity index (χ1v) is 12.0. The van der Waals surface area contributed by atoms with Crippen molar-refractivity contribution in [2.75, 3.05) is 13.1 Å². The van der Waals surface area contributed by atoms with Gasteiger partial charge in [0.2, 0.25) is 17.7 Å². The molecule has 0 aliphatic heterocycles. The zero-order valence-electron chi connectivity index (χ0n) is 20.6. The van der Waals surface area contributed by atoms with Crippen LogP contribution in [0.15, 0.2) is 0 Å². The molecular formula is C22H44N6O6. The van der Waals surface area contributed by atoms with E-state index >= 15 is 0 Å². The number of amides is 3. The summed E-state index contributed by atoms with van der Waals surface area (Å²) in [5, 5.41) is 26.9. The number of carboxylic acid groups (broad SMARTS) is 1. The summed E-state index contributed by atoms with van der Waals surface area (Å²) in [6.45, 7) is 5.80. The lowest BCUT2D eigenvalue weighted by atomic mass is 9.96. The van der Waals surface area contributed by atoms with E-state index < -0.39 is 54.0 Å². The second kappa shape index (κ2) is 17.2. The first kappa shape index (κ1) is 31.7. The Morgan fingerprint density at radius 2 is 1.29 bits per heavy atom. The van der Waals surface area contributed by atoms with Gasteiger partial charge in [-0.25, -0.2) is 4.79 Å². The second-order valence-corrected chi connectivity index (χ2v) is 8.67. The van der Waals surface area contributed by atoms with E-state index in [9.17, 15) is 29.4 Å². The topological polar surface area (TPSA) is 223 Å². The quantitative estimate of drug-likeness (QED) is 0.105. The molecule has 0 aromatic carbocycles. The van der Waals surface area contributed by atoms with Crippen LogP contribution in [0.2, 0.25) is 0 Å². The lowest BCUT2D eigenvalue weighted by molar-refractivity contribution is -0.143. The van der Waals surface area contributed by atoms with Crippen molar-refractivity contribution in [3.63, 3.8) is 0 Å².